The van der Waals surface area contributed by atoms with Gasteiger partial charge in [-0.05, 0) is 13.8 Å². The number of thiazole rings is 1. The molecule has 0 spiro atoms. The molecule has 5 heteroatoms. The van der Waals surface area contributed by atoms with Gasteiger partial charge in [-0.2, -0.15) is 0 Å². The lowest BCUT2D eigenvalue weighted by Crippen LogP contribution is -2.45. The normalized spacial score (nSPS) is 16.5. The van der Waals surface area contributed by atoms with E-state index in [1.54, 1.807) is 6.20 Å². The minimum atomic E-state index is -0.675. The Bertz CT molecular complexity index is 416. The summed E-state index contributed by atoms with van der Waals surface area (Å²) >= 11 is 1.44. The van der Waals surface area contributed by atoms with E-state index in [0.717, 1.165) is 5.01 Å². The van der Waals surface area contributed by atoms with Gasteiger partial charge in [0.05, 0.1) is 5.54 Å². The molecule has 2 rings (SSSR count). The van der Waals surface area contributed by atoms with E-state index in [1.807, 2.05) is 19.2 Å². The van der Waals surface area contributed by atoms with Crippen molar-refractivity contribution in [3.8, 4) is 0 Å². The average Bonchev–Trinajstić information content (AvgIpc) is 2.75. The molecule has 78 valence electrons. The predicted octanol–water partition coefficient (Wildman–Crippen LogP) is 1.30. The van der Waals surface area contributed by atoms with Crippen molar-refractivity contribution in [1.82, 2.24) is 9.88 Å². The van der Waals surface area contributed by atoms with E-state index in [4.69, 9.17) is 0 Å². The van der Waals surface area contributed by atoms with Gasteiger partial charge in [-0.15, -0.1) is 11.3 Å². The quantitative estimate of drug-likeness (QED) is 0.709. The molecular weight excluding hydrogens is 212 g/mol. The van der Waals surface area contributed by atoms with Crippen LogP contribution in [0, 0.1) is 0 Å². The Balaban J connectivity index is 2.38. The number of carbonyl (C=O) groups is 2. The highest BCUT2D eigenvalue weighted by Crippen LogP contribution is 2.31. The van der Waals surface area contributed by atoms with Gasteiger partial charge < -0.3 is 0 Å². The summed E-state index contributed by atoms with van der Waals surface area (Å²) in [6.07, 6.45) is 4.25. The van der Waals surface area contributed by atoms with Crippen molar-refractivity contribution in [3.63, 3.8) is 0 Å². The van der Waals surface area contributed by atoms with Gasteiger partial charge in [0.2, 0.25) is 0 Å². The summed E-state index contributed by atoms with van der Waals surface area (Å²) in [7, 11) is 0. The molecule has 0 aliphatic carbocycles. The average molecular weight is 222 g/mol. The zero-order chi connectivity index (χ0) is 11.1. The van der Waals surface area contributed by atoms with E-state index in [1.165, 1.54) is 28.4 Å². The molecule has 1 aromatic rings. The fourth-order valence-corrected chi connectivity index (χ4v) is 2.32. The minimum Gasteiger partial charge on any atom is -0.269 e. The van der Waals surface area contributed by atoms with Crippen LogP contribution in [0.15, 0.2) is 23.7 Å². The number of hydrogen-bond acceptors (Lipinski definition) is 4. The Labute approximate surface area is 91.2 Å². The summed E-state index contributed by atoms with van der Waals surface area (Å²) in [5, 5.41) is 2.59. The summed E-state index contributed by atoms with van der Waals surface area (Å²) in [6.45, 7) is 3.63. The lowest BCUT2D eigenvalue weighted by atomic mass is 10.0. The predicted molar refractivity (Wildman–Crippen MR) is 56.1 cm³/mol. The van der Waals surface area contributed by atoms with Gasteiger partial charge in [-0.25, -0.2) is 4.98 Å². The van der Waals surface area contributed by atoms with Crippen molar-refractivity contribution in [2.24, 2.45) is 0 Å². The van der Waals surface area contributed by atoms with Crippen molar-refractivity contribution in [2.75, 3.05) is 0 Å². The van der Waals surface area contributed by atoms with Gasteiger partial charge in [0.15, 0.2) is 0 Å². The van der Waals surface area contributed by atoms with Crippen molar-refractivity contribution < 1.29 is 9.59 Å². The molecule has 1 aromatic heterocycles. The Morgan fingerprint density at radius 3 is 2.33 bits per heavy atom. The van der Waals surface area contributed by atoms with Crippen LogP contribution in [0.2, 0.25) is 0 Å². The molecule has 2 amide bonds. The number of aromatic nitrogens is 1. The van der Waals surface area contributed by atoms with Crippen molar-refractivity contribution in [3.05, 3.63) is 28.7 Å². The Morgan fingerprint density at radius 2 is 1.87 bits per heavy atom. The van der Waals surface area contributed by atoms with E-state index in [0.29, 0.717) is 0 Å². The van der Waals surface area contributed by atoms with E-state index in [9.17, 15) is 9.59 Å². The molecule has 0 aromatic carbocycles. The first-order chi connectivity index (χ1) is 7.03. The number of hydrogen-bond donors (Lipinski definition) is 0. The van der Waals surface area contributed by atoms with Crippen LogP contribution in [-0.4, -0.2) is 21.7 Å². The third-order valence-corrected chi connectivity index (χ3v) is 3.41. The second-order valence-electron chi connectivity index (χ2n) is 3.74. The molecule has 4 nitrogen and oxygen atoms in total. The highest BCUT2D eigenvalue weighted by atomic mass is 32.1. The molecule has 0 saturated carbocycles. The Hall–Kier alpha value is -1.49. The highest BCUT2D eigenvalue weighted by molar-refractivity contribution is 7.09. The van der Waals surface area contributed by atoms with Gasteiger partial charge >= 0.3 is 0 Å². The zero-order valence-electron chi connectivity index (χ0n) is 8.43. The lowest BCUT2D eigenvalue weighted by molar-refractivity contribution is -0.143. The molecular formula is C10H10N2O2S. The van der Waals surface area contributed by atoms with Crippen molar-refractivity contribution in [2.45, 2.75) is 19.4 Å². The lowest BCUT2D eigenvalue weighted by Gasteiger charge is -2.31. The van der Waals surface area contributed by atoms with Gasteiger partial charge in [0.1, 0.15) is 5.01 Å². The fraction of sp³-hybridized carbons (Fsp3) is 0.300. The molecule has 0 radical (unpaired) electrons. The first kappa shape index (κ1) is 10.0. The van der Waals surface area contributed by atoms with Crippen LogP contribution in [0.4, 0.5) is 0 Å². The molecule has 15 heavy (non-hydrogen) atoms. The van der Waals surface area contributed by atoms with Crippen LogP contribution >= 0.6 is 11.3 Å². The van der Waals surface area contributed by atoms with Crippen LogP contribution in [0.3, 0.4) is 0 Å². The van der Waals surface area contributed by atoms with E-state index >= 15 is 0 Å². The van der Waals surface area contributed by atoms with Crippen LogP contribution in [0.5, 0.6) is 0 Å². The summed E-state index contributed by atoms with van der Waals surface area (Å²) < 4.78 is 0. The fourth-order valence-electron chi connectivity index (χ4n) is 1.57. The zero-order valence-corrected chi connectivity index (χ0v) is 9.25. The number of imide groups is 1. The van der Waals surface area contributed by atoms with Crippen molar-refractivity contribution >= 4 is 23.2 Å². The number of carbonyl (C=O) groups excluding carboxylic acids is 2. The van der Waals surface area contributed by atoms with Crippen LogP contribution in [0.25, 0.3) is 0 Å². The summed E-state index contributed by atoms with van der Waals surface area (Å²) in [5.74, 6) is -0.555. The van der Waals surface area contributed by atoms with Crippen molar-refractivity contribution in [1.29, 1.82) is 0 Å². The van der Waals surface area contributed by atoms with Crippen LogP contribution < -0.4 is 0 Å². The molecule has 0 unspecified atom stereocenters. The van der Waals surface area contributed by atoms with E-state index < -0.39 is 5.54 Å². The van der Waals surface area contributed by atoms with E-state index in [-0.39, 0.29) is 11.8 Å². The second kappa shape index (κ2) is 3.27. The molecule has 1 aliphatic heterocycles. The number of nitrogens with zero attached hydrogens (tertiary/aromatic N) is 2. The molecule has 2 heterocycles. The summed E-state index contributed by atoms with van der Waals surface area (Å²) in [6, 6.07) is 0. The van der Waals surface area contributed by atoms with Crippen LogP contribution in [0.1, 0.15) is 18.9 Å². The molecule has 1 aliphatic rings. The number of rotatable bonds is 2. The monoisotopic (exact) mass is 222 g/mol. The van der Waals surface area contributed by atoms with Gasteiger partial charge in [0.25, 0.3) is 11.8 Å². The molecule has 0 atom stereocenters. The maximum absolute atomic E-state index is 11.5. The summed E-state index contributed by atoms with van der Waals surface area (Å²) in [5.41, 5.74) is -0.675. The van der Waals surface area contributed by atoms with Crippen LogP contribution in [-0.2, 0) is 15.1 Å². The van der Waals surface area contributed by atoms with Gasteiger partial charge in [-0.3, -0.25) is 14.5 Å². The summed E-state index contributed by atoms with van der Waals surface area (Å²) in [4.78, 5) is 28.4. The van der Waals surface area contributed by atoms with Gasteiger partial charge in [0, 0.05) is 23.7 Å². The highest BCUT2D eigenvalue weighted by Gasteiger charge is 2.40. The second-order valence-corrected chi connectivity index (χ2v) is 4.64. The minimum absolute atomic E-state index is 0.278. The molecule has 0 bridgehead atoms. The first-order valence-electron chi connectivity index (χ1n) is 4.49. The first-order valence-corrected chi connectivity index (χ1v) is 5.37. The molecule has 0 N–H and O–H groups in total. The van der Waals surface area contributed by atoms with Gasteiger partial charge in [-0.1, -0.05) is 0 Å². The third-order valence-electron chi connectivity index (χ3n) is 2.32. The maximum Gasteiger partial charge on any atom is 0.254 e. The standard InChI is InChI=1S/C10H10N2O2S/c1-10(2,9-11-5-6-15-9)12-7(13)3-4-8(12)14/h3-6H,1-2H3. The Kier molecular flexibility index (Phi) is 2.19. The largest absolute Gasteiger partial charge is 0.269 e. The van der Waals surface area contributed by atoms with E-state index in [2.05, 4.69) is 4.98 Å². The Morgan fingerprint density at radius 1 is 1.27 bits per heavy atom. The third kappa shape index (κ3) is 1.48. The maximum atomic E-state index is 11.5. The smallest absolute Gasteiger partial charge is 0.254 e. The topological polar surface area (TPSA) is 50.3 Å². The molecule has 0 fully saturated rings. The number of amides is 2. The SMILES string of the molecule is CC(C)(c1nccs1)N1C(=O)C=CC1=O. The molecule has 0 saturated heterocycles.